The highest BCUT2D eigenvalue weighted by Crippen LogP contribution is 2.60. The fourth-order valence-corrected chi connectivity index (χ4v) is 5.71. The summed E-state index contributed by atoms with van der Waals surface area (Å²) in [5.74, 6) is 2.59. The fraction of sp³-hybridized carbons (Fsp3) is 0.611. The predicted octanol–water partition coefficient (Wildman–Crippen LogP) is 5.76. The molecule has 1 aromatic rings. The SMILES string of the molecule is O=C(Nc1ccc(Cl)c(Cl)c1)OCC12CC3CC(CC(C3)C1)C2. The van der Waals surface area contributed by atoms with Crippen LogP contribution in [0.2, 0.25) is 10.0 Å². The average molecular weight is 354 g/mol. The van der Waals surface area contributed by atoms with Crippen LogP contribution in [0.4, 0.5) is 10.5 Å². The minimum absolute atomic E-state index is 0.240. The molecule has 0 spiro atoms. The normalized spacial score (nSPS) is 34.4. The second kappa shape index (κ2) is 5.86. The molecule has 1 amide bonds. The molecule has 5 heteroatoms. The number of ether oxygens (including phenoxy) is 1. The van der Waals surface area contributed by atoms with Gasteiger partial charge in [0.15, 0.2) is 0 Å². The molecule has 4 saturated carbocycles. The largest absolute Gasteiger partial charge is 0.449 e. The van der Waals surface area contributed by atoms with Crippen LogP contribution < -0.4 is 5.32 Å². The van der Waals surface area contributed by atoms with Crippen LogP contribution in [-0.2, 0) is 4.74 Å². The van der Waals surface area contributed by atoms with E-state index in [4.69, 9.17) is 27.9 Å². The van der Waals surface area contributed by atoms with Gasteiger partial charge < -0.3 is 4.74 Å². The van der Waals surface area contributed by atoms with E-state index in [0.717, 1.165) is 17.8 Å². The lowest BCUT2D eigenvalue weighted by Crippen LogP contribution is -2.48. The van der Waals surface area contributed by atoms with Gasteiger partial charge in [0.05, 0.1) is 16.7 Å². The van der Waals surface area contributed by atoms with Crippen molar-refractivity contribution < 1.29 is 9.53 Å². The van der Waals surface area contributed by atoms with Crippen LogP contribution in [0.25, 0.3) is 0 Å². The molecule has 23 heavy (non-hydrogen) atoms. The zero-order valence-electron chi connectivity index (χ0n) is 13.0. The molecule has 4 aliphatic rings. The van der Waals surface area contributed by atoms with Crippen molar-refractivity contribution in [3.63, 3.8) is 0 Å². The van der Waals surface area contributed by atoms with Crippen molar-refractivity contribution >= 4 is 35.0 Å². The molecular formula is C18H21Cl2NO2. The van der Waals surface area contributed by atoms with Crippen LogP contribution in [0.3, 0.4) is 0 Å². The van der Waals surface area contributed by atoms with Crippen LogP contribution in [0.15, 0.2) is 18.2 Å². The number of hydrogen-bond donors (Lipinski definition) is 1. The lowest BCUT2D eigenvalue weighted by atomic mass is 9.50. The highest BCUT2D eigenvalue weighted by Gasteiger charge is 2.51. The monoisotopic (exact) mass is 353 g/mol. The number of hydrogen-bond acceptors (Lipinski definition) is 2. The van der Waals surface area contributed by atoms with Gasteiger partial charge in [-0.2, -0.15) is 0 Å². The summed E-state index contributed by atoms with van der Waals surface area (Å²) in [6, 6.07) is 5.02. The molecule has 4 aliphatic carbocycles. The number of nitrogens with one attached hydrogen (secondary N) is 1. The molecule has 0 atom stereocenters. The van der Waals surface area contributed by atoms with Crippen molar-refractivity contribution in [2.45, 2.75) is 38.5 Å². The van der Waals surface area contributed by atoms with Crippen molar-refractivity contribution in [2.75, 3.05) is 11.9 Å². The van der Waals surface area contributed by atoms with Gasteiger partial charge in [-0.3, -0.25) is 5.32 Å². The number of halogens is 2. The van der Waals surface area contributed by atoms with Crippen molar-refractivity contribution in [1.82, 2.24) is 0 Å². The number of amides is 1. The Morgan fingerprint density at radius 1 is 1.09 bits per heavy atom. The lowest BCUT2D eigenvalue weighted by molar-refractivity contribution is -0.0807. The number of carbonyl (C=O) groups excluding carboxylic acids is 1. The third kappa shape index (κ3) is 3.18. The van der Waals surface area contributed by atoms with Crippen LogP contribution in [-0.4, -0.2) is 12.7 Å². The van der Waals surface area contributed by atoms with Gasteiger partial charge in [0.1, 0.15) is 0 Å². The summed E-state index contributed by atoms with van der Waals surface area (Å²) in [5, 5.41) is 3.63. The Balaban J connectivity index is 1.35. The third-order valence-corrected chi connectivity index (χ3v) is 6.58. The van der Waals surface area contributed by atoms with Gasteiger partial charge in [0.25, 0.3) is 0 Å². The topological polar surface area (TPSA) is 38.3 Å². The number of rotatable bonds is 3. The number of benzene rings is 1. The summed E-state index contributed by atoms with van der Waals surface area (Å²) in [6.07, 6.45) is 7.49. The van der Waals surface area contributed by atoms with Gasteiger partial charge >= 0.3 is 6.09 Å². The van der Waals surface area contributed by atoms with Gasteiger partial charge in [-0.05, 0) is 74.5 Å². The second-order valence-corrected chi connectivity index (χ2v) is 8.56. The molecule has 4 fully saturated rings. The minimum Gasteiger partial charge on any atom is -0.449 e. The molecule has 0 unspecified atom stereocenters. The molecule has 5 rings (SSSR count). The van der Waals surface area contributed by atoms with Crippen molar-refractivity contribution in [2.24, 2.45) is 23.2 Å². The summed E-state index contributed by atoms with van der Waals surface area (Å²) in [5.41, 5.74) is 0.846. The summed E-state index contributed by atoms with van der Waals surface area (Å²) in [4.78, 5) is 12.1. The first kappa shape index (κ1) is 15.6. The van der Waals surface area contributed by atoms with Crippen molar-refractivity contribution in [3.8, 4) is 0 Å². The first-order valence-corrected chi connectivity index (χ1v) is 9.16. The van der Waals surface area contributed by atoms with E-state index in [-0.39, 0.29) is 5.41 Å². The standard InChI is InChI=1S/C18H21Cl2NO2/c19-15-2-1-14(6-16(15)20)21-17(22)23-10-18-7-11-3-12(8-18)5-13(4-11)9-18/h1-2,6,11-13H,3-5,7-10H2,(H,21,22). The minimum atomic E-state index is -0.404. The molecule has 1 aromatic carbocycles. The molecule has 0 heterocycles. The van der Waals surface area contributed by atoms with Gasteiger partial charge in [0, 0.05) is 11.1 Å². The number of anilines is 1. The van der Waals surface area contributed by atoms with Gasteiger partial charge in [-0.15, -0.1) is 0 Å². The van der Waals surface area contributed by atoms with Crippen LogP contribution in [0.5, 0.6) is 0 Å². The smallest absolute Gasteiger partial charge is 0.411 e. The molecule has 3 nitrogen and oxygen atoms in total. The zero-order valence-corrected chi connectivity index (χ0v) is 14.5. The average Bonchev–Trinajstić information content (AvgIpc) is 2.48. The Bertz CT molecular complexity index is 596. The Morgan fingerprint density at radius 2 is 1.70 bits per heavy atom. The van der Waals surface area contributed by atoms with E-state index in [1.165, 1.54) is 38.5 Å². The van der Waals surface area contributed by atoms with E-state index >= 15 is 0 Å². The maximum absolute atomic E-state index is 12.1. The molecular weight excluding hydrogens is 333 g/mol. The molecule has 1 N–H and O–H groups in total. The van der Waals surface area contributed by atoms with E-state index in [1.807, 2.05) is 0 Å². The maximum atomic E-state index is 12.1. The third-order valence-electron chi connectivity index (χ3n) is 5.84. The summed E-state index contributed by atoms with van der Waals surface area (Å²) in [6.45, 7) is 0.545. The van der Waals surface area contributed by atoms with Gasteiger partial charge in [-0.1, -0.05) is 23.2 Å². The maximum Gasteiger partial charge on any atom is 0.411 e. The van der Waals surface area contributed by atoms with E-state index in [2.05, 4.69) is 5.32 Å². The molecule has 0 saturated heterocycles. The quantitative estimate of drug-likeness (QED) is 0.750. The van der Waals surface area contributed by atoms with Crippen LogP contribution >= 0.6 is 23.2 Å². The summed E-state index contributed by atoms with van der Waals surface area (Å²) < 4.78 is 5.57. The highest BCUT2D eigenvalue weighted by molar-refractivity contribution is 6.42. The number of carbonyl (C=O) groups is 1. The Hall–Kier alpha value is -0.930. The van der Waals surface area contributed by atoms with Crippen LogP contribution in [0, 0.1) is 23.2 Å². The van der Waals surface area contributed by atoms with Gasteiger partial charge in [-0.25, -0.2) is 4.79 Å². The second-order valence-electron chi connectivity index (χ2n) is 7.75. The summed E-state index contributed by atoms with van der Waals surface area (Å²) >= 11 is 11.8. The first-order valence-electron chi connectivity index (χ1n) is 8.40. The Kier molecular flexibility index (Phi) is 3.97. The van der Waals surface area contributed by atoms with Crippen molar-refractivity contribution in [3.05, 3.63) is 28.2 Å². The molecule has 124 valence electrons. The fourth-order valence-electron chi connectivity index (χ4n) is 5.41. The molecule has 0 aromatic heterocycles. The van der Waals surface area contributed by atoms with Crippen LogP contribution in [0.1, 0.15) is 38.5 Å². The highest BCUT2D eigenvalue weighted by atomic mass is 35.5. The zero-order chi connectivity index (χ0) is 16.0. The van der Waals surface area contributed by atoms with Crippen molar-refractivity contribution in [1.29, 1.82) is 0 Å². The molecule has 0 radical (unpaired) electrons. The summed E-state index contributed by atoms with van der Waals surface area (Å²) in [7, 11) is 0. The lowest BCUT2D eigenvalue weighted by Gasteiger charge is -2.56. The van der Waals surface area contributed by atoms with E-state index in [1.54, 1.807) is 18.2 Å². The molecule has 4 bridgehead atoms. The first-order chi connectivity index (χ1) is 11.0. The Labute approximate surface area is 146 Å². The van der Waals surface area contributed by atoms with E-state index in [0.29, 0.717) is 22.3 Å². The Morgan fingerprint density at radius 3 is 2.26 bits per heavy atom. The van der Waals surface area contributed by atoms with Gasteiger partial charge in [0.2, 0.25) is 0 Å². The van der Waals surface area contributed by atoms with E-state index < -0.39 is 6.09 Å². The van der Waals surface area contributed by atoms with E-state index in [9.17, 15) is 4.79 Å². The molecule has 0 aliphatic heterocycles. The predicted molar refractivity (Wildman–Crippen MR) is 92.0 cm³/mol.